The summed E-state index contributed by atoms with van der Waals surface area (Å²) in [5.41, 5.74) is 0. The van der Waals surface area contributed by atoms with Crippen molar-refractivity contribution in [2.75, 3.05) is 92.3 Å². The number of unbranched alkanes of at least 4 members (excludes halogenated alkanes) is 2. The van der Waals surface area contributed by atoms with Crippen LogP contribution in [-0.4, -0.2) is 123 Å². The van der Waals surface area contributed by atoms with Crippen molar-refractivity contribution in [3.63, 3.8) is 0 Å². The van der Waals surface area contributed by atoms with Crippen LogP contribution in [0.2, 0.25) is 0 Å². The Morgan fingerprint density at radius 1 is 0.912 bits per heavy atom. The molecule has 205 valence electrons. The second kappa shape index (κ2) is 20.6. The summed E-state index contributed by atoms with van der Waals surface area (Å²) in [6.45, 7) is 9.79. The van der Waals surface area contributed by atoms with Crippen LogP contribution in [0.1, 0.15) is 60.5 Å². The van der Waals surface area contributed by atoms with Crippen molar-refractivity contribution in [2.45, 2.75) is 63.0 Å². The van der Waals surface area contributed by atoms with Crippen LogP contribution in [0.15, 0.2) is 0 Å². The van der Waals surface area contributed by atoms with Crippen molar-refractivity contribution >= 4 is 27.5 Å². The molecule has 0 saturated carbocycles. The van der Waals surface area contributed by atoms with Crippen LogP contribution < -0.4 is 5.32 Å². The monoisotopic (exact) mass is 568 g/mol. The minimum atomic E-state index is 0. The third-order valence-electron chi connectivity index (χ3n) is 6.62. The maximum Gasteiger partial charge on any atom is 0.219 e. The molecule has 9 heteroatoms. The second-order valence-electron chi connectivity index (χ2n) is 9.72. The quantitative estimate of drug-likeness (QED) is 0.246. The summed E-state index contributed by atoms with van der Waals surface area (Å²) >= 11 is 0. The Morgan fingerprint density at radius 2 is 1.62 bits per heavy atom. The topological polar surface area (TPSA) is 42.1 Å². The smallest absolute Gasteiger partial charge is 0.219 e. The Balaban J connectivity index is 0.00000648. The minimum Gasteiger partial charge on any atom is -0.356 e. The number of carbonyl (C=O) groups is 1. The van der Waals surface area contributed by atoms with Crippen molar-refractivity contribution < 1.29 is 24.6 Å². The van der Waals surface area contributed by atoms with Gasteiger partial charge < -0.3 is 24.9 Å². The molecule has 1 atom stereocenters. The standard InChI is InChI=1S/C25H51N5OS2.Cu/c1-27-14-8-15-29(3)21-22-30(18-9-16-28(2)20-19-27)17-7-6-13-26-25(31)11-5-4-10-24-12-23-32-33-24;/h24H,4-23H2,1-3H3,(H,26,31);/i2T,3T;. The van der Waals surface area contributed by atoms with Gasteiger partial charge in [-0.05, 0) is 98.8 Å². The van der Waals surface area contributed by atoms with Gasteiger partial charge in [-0.2, -0.15) is 0 Å². The third kappa shape index (κ3) is 16.3. The van der Waals surface area contributed by atoms with Gasteiger partial charge in [0.15, 0.2) is 0 Å². The minimum absolute atomic E-state index is 0. The fraction of sp³-hybridized carbons (Fsp3) is 0.960. The van der Waals surface area contributed by atoms with Crippen LogP contribution in [0.25, 0.3) is 0 Å². The number of hydrogen-bond acceptors (Lipinski definition) is 7. The van der Waals surface area contributed by atoms with E-state index >= 15 is 0 Å². The zero-order chi connectivity index (χ0) is 25.1. The van der Waals surface area contributed by atoms with Gasteiger partial charge in [-0.3, -0.25) is 4.79 Å². The van der Waals surface area contributed by atoms with Crippen LogP contribution in [0.3, 0.4) is 0 Å². The summed E-state index contributed by atoms with van der Waals surface area (Å²) in [7, 11) is 6.93. The normalized spacial score (nSPS) is 24.1. The maximum atomic E-state index is 12.1. The van der Waals surface area contributed by atoms with Crippen molar-refractivity contribution in [1.82, 2.24) is 24.9 Å². The average Bonchev–Trinajstić information content (AvgIpc) is 3.38. The van der Waals surface area contributed by atoms with Gasteiger partial charge in [-0.15, -0.1) is 0 Å². The molecule has 1 amide bonds. The molecule has 2 heterocycles. The molecule has 0 aliphatic carbocycles. The van der Waals surface area contributed by atoms with E-state index in [-0.39, 0.29) is 23.0 Å². The van der Waals surface area contributed by atoms with E-state index < -0.39 is 0 Å². The Bertz CT molecular complexity index is 553. The molecule has 0 aromatic heterocycles. The first-order chi connectivity index (χ1) is 17.1. The SMILES string of the molecule is [3H]CN1CCCN(CCCCNC(=O)CCCCC2CCSS2)CCN(C[3H])CCCN(C)CC1.[Cu]. The number of carbonyl (C=O) groups excluding carboxylic acids is 1. The van der Waals surface area contributed by atoms with Crippen molar-refractivity contribution in [1.29, 1.82) is 0 Å². The Hall–Kier alpha value is 0.529. The number of nitrogens with one attached hydrogen (secondary N) is 1. The van der Waals surface area contributed by atoms with Crippen LogP contribution >= 0.6 is 21.6 Å². The molecule has 1 radical (unpaired) electrons. The predicted octanol–water partition coefficient (Wildman–Crippen LogP) is 3.49. The van der Waals surface area contributed by atoms with E-state index in [1.54, 1.807) is 0 Å². The molecule has 6 nitrogen and oxygen atoms in total. The van der Waals surface area contributed by atoms with E-state index in [0.29, 0.717) is 20.5 Å². The van der Waals surface area contributed by atoms with Crippen LogP contribution in [0.5, 0.6) is 0 Å². The van der Waals surface area contributed by atoms with E-state index in [1.165, 1.54) is 25.0 Å². The number of amides is 1. The Morgan fingerprint density at radius 3 is 2.35 bits per heavy atom. The molecule has 2 fully saturated rings. The summed E-state index contributed by atoms with van der Waals surface area (Å²) in [6.07, 6.45) is 9.73. The molecule has 0 bridgehead atoms. The summed E-state index contributed by atoms with van der Waals surface area (Å²) < 4.78 is 15.7. The molecule has 1 N–H and O–H groups in total. The average molecular weight is 569 g/mol. The number of likely N-dealkylation sites (N-methyl/N-ethyl adjacent to an activating group) is 3. The number of rotatable bonds is 10. The molecule has 0 aromatic rings. The first kappa shape index (κ1) is 29.1. The third-order valence-corrected chi connectivity index (χ3v) is 9.63. The van der Waals surface area contributed by atoms with Crippen molar-refractivity contribution in [3.05, 3.63) is 0 Å². The van der Waals surface area contributed by atoms with Gasteiger partial charge in [0, 0.05) is 70.0 Å². The van der Waals surface area contributed by atoms with Gasteiger partial charge in [0.1, 0.15) is 0 Å². The zero-order valence-corrected chi connectivity index (χ0v) is 24.0. The number of nitrogens with zero attached hydrogens (tertiary/aromatic N) is 4. The summed E-state index contributed by atoms with van der Waals surface area (Å²) in [4.78, 5) is 21.5. The largest absolute Gasteiger partial charge is 0.356 e. The molecule has 2 aliphatic heterocycles. The van der Waals surface area contributed by atoms with Gasteiger partial charge in [0.05, 0.1) is 0 Å². The van der Waals surface area contributed by atoms with Gasteiger partial charge in [-0.1, -0.05) is 28.0 Å². The zero-order valence-electron chi connectivity index (χ0n) is 23.4. The van der Waals surface area contributed by atoms with Gasteiger partial charge in [0.25, 0.3) is 0 Å². The summed E-state index contributed by atoms with van der Waals surface area (Å²) in [5, 5.41) is 3.93. The van der Waals surface area contributed by atoms with E-state index in [1.807, 2.05) is 21.6 Å². The Labute approximate surface area is 231 Å². The van der Waals surface area contributed by atoms with Gasteiger partial charge in [0.2, 0.25) is 5.91 Å². The molecular weight excluding hydrogens is 514 g/mol. The van der Waals surface area contributed by atoms with Crippen molar-refractivity contribution in [3.8, 4) is 0 Å². The van der Waals surface area contributed by atoms with Crippen LogP contribution in [0.4, 0.5) is 0 Å². The van der Waals surface area contributed by atoms with E-state index in [0.717, 1.165) is 103 Å². The molecule has 2 rings (SSSR count). The van der Waals surface area contributed by atoms with E-state index in [4.69, 9.17) is 2.74 Å². The molecule has 1 unspecified atom stereocenters. The number of hydrogen-bond donors (Lipinski definition) is 1. The second-order valence-corrected chi connectivity index (χ2v) is 12.5. The predicted molar refractivity (Wildman–Crippen MR) is 147 cm³/mol. The molecule has 0 aromatic carbocycles. The molecule has 0 spiro atoms. The first-order valence-corrected chi connectivity index (χ1v) is 15.5. The van der Waals surface area contributed by atoms with Crippen LogP contribution in [0, 0.1) is 0 Å². The van der Waals surface area contributed by atoms with Gasteiger partial charge in [-0.25, -0.2) is 0 Å². The molecule has 2 saturated heterocycles. The first-order valence-electron chi connectivity index (χ1n) is 14.5. The molecule has 34 heavy (non-hydrogen) atoms. The summed E-state index contributed by atoms with van der Waals surface area (Å²) in [6, 6.07) is 0. The maximum absolute atomic E-state index is 12.1. The molecule has 2 aliphatic rings. The fourth-order valence-electron chi connectivity index (χ4n) is 4.35. The van der Waals surface area contributed by atoms with Crippen LogP contribution in [-0.2, 0) is 21.9 Å². The van der Waals surface area contributed by atoms with Gasteiger partial charge >= 0.3 is 0 Å². The van der Waals surface area contributed by atoms with Crippen molar-refractivity contribution in [2.24, 2.45) is 0 Å². The molecular formula is C25H51CuN5OS2. The fourth-order valence-corrected chi connectivity index (χ4v) is 7.37. The van der Waals surface area contributed by atoms with E-state index in [9.17, 15) is 4.79 Å². The Kier molecular flexibility index (Phi) is 17.6. The van der Waals surface area contributed by atoms with E-state index in [2.05, 4.69) is 32.0 Å². The summed E-state index contributed by atoms with van der Waals surface area (Å²) in [5.74, 6) is 1.50.